The largest absolute Gasteiger partial charge is 0.452 e. The molecule has 1 saturated carbocycles. The van der Waals surface area contributed by atoms with Crippen LogP contribution in [0.3, 0.4) is 0 Å². The summed E-state index contributed by atoms with van der Waals surface area (Å²) >= 11 is 0. The van der Waals surface area contributed by atoms with Gasteiger partial charge in [-0.15, -0.1) is 0 Å². The van der Waals surface area contributed by atoms with E-state index in [1.807, 2.05) is 54.6 Å². The van der Waals surface area contributed by atoms with E-state index in [9.17, 15) is 14.4 Å². The fourth-order valence-electron chi connectivity index (χ4n) is 7.84. The summed E-state index contributed by atoms with van der Waals surface area (Å²) in [5.41, 5.74) is 0.271. The Morgan fingerprint density at radius 2 is 1.71 bits per heavy atom. The van der Waals surface area contributed by atoms with Crippen LogP contribution in [-0.2, 0) is 19.7 Å². The lowest BCUT2D eigenvalue weighted by Crippen LogP contribution is -2.73. The third-order valence-electron chi connectivity index (χ3n) is 9.22. The standard InChI is InChI=1S/C35H42N2O5/c1-24(2)22-37(5)18-17-34(30-11-8-12-32(20-30)41-25(3)38)21-31(15-16-35(34,23-37)42-26(4)39)36-33(40)29-14-13-27-9-6-7-10-28(27)19-29/h6-14,19-20,24,31H,15-18,21-23H2,1-5H3/p+1/t31-,34-,35?,37+/m1/s1. The highest BCUT2D eigenvalue weighted by molar-refractivity contribution is 5.98. The third kappa shape index (κ3) is 5.93. The number of nitrogens with zero attached hydrogens (tertiary/aromatic N) is 1. The van der Waals surface area contributed by atoms with Crippen LogP contribution in [0.1, 0.15) is 69.3 Å². The summed E-state index contributed by atoms with van der Waals surface area (Å²) in [7, 11) is 2.26. The summed E-state index contributed by atoms with van der Waals surface area (Å²) in [6.45, 7) is 9.91. The molecule has 3 aromatic carbocycles. The zero-order valence-corrected chi connectivity index (χ0v) is 25.4. The normalized spacial score (nSPS) is 27.2. The van der Waals surface area contributed by atoms with Crippen LogP contribution in [0.5, 0.6) is 5.75 Å². The molecule has 2 fully saturated rings. The van der Waals surface area contributed by atoms with Gasteiger partial charge in [0.25, 0.3) is 5.91 Å². The van der Waals surface area contributed by atoms with Crippen molar-refractivity contribution in [1.82, 2.24) is 5.32 Å². The van der Waals surface area contributed by atoms with Crippen molar-refractivity contribution < 1.29 is 28.3 Å². The van der Waals surface area contributed by atoms with Crippen molar-refractivity contribution >= 4 is 28.6 Å². The average molecular weight is 572 g/mol. The van der Waals surface area contributed by atoms with E-state index >= 15 is 0 Å². The van der Waals surface area contributed by atoms with Crippen LogP contribution in [0.2, 0.25) is 0 Å². The summed E-state index contributed by atoms with van der Waals surface area (Å²) in [4.78, 5) is 38.1. The molecule has 1 N–H and O–H groups in total. The molecule has 4 atom stereocenters. The van der Waals surface area contributed by atoms with Crippen molar-refractivity contribution in [2.24, 2.45) is 5.92 Å². The van der Waals surface area contributed by atoms with E-state index in [2.05, 4.69) is 32.3 Å². The maximum absolute atomic E-state index is 13.6. The molecule has 1 unspecified atom stereocenters. The lowest BCUT2D eigenvalue weighted by molar-refractivity contribution is -0.925. The molecular weight excluding hydrogens is 528 g/mol. The van der Waals surface area contributed by atoms with Gasteiger partial charge in [-0.3, -0.25) is 14.4 Å². The minimum atomic E-state index is -0.764. The second-order valence-electron chi connectivity index (χ2n) is 13.1. The number of hydrogen-bond acceptors (Lipinski definition) is 5. The fraction of sp³-hybridized carbons (Fsp3) is 0.457. The molecule has 3 aromatic rings. The first kappa shape index (κ1) is 29.8. The second kappa shape index (κ2) is 11.5. The van der Waals surface area contributed by atoms with Gasteiger partial charge >= 0.3 is 11.9 Å². The molecule has 0 aromatic heterocycles. The molecule has 1 amide bonds. The monoisotopic (exact) mass is 571 g/mol. The van der Waals surface area contributed by atoms with E-state index < -0.39 is 11.0 Å². The Labute approximate surface area is 248 Å². The molecule has 1 saturated heterocycles. The second-order valence-corrected chi connectivity index (χ2v) is 13.1. The predicted molar refractivity (Wildman–Crippen MR) is 163 cm³/mol. The van der Waals surface area contributed by atoms with Crippen molar-refractivity contribution in [3.8, 4) is 5.75 Å². The van der Waals surface area contributed by atoms with Crippen molar-refractivity contribution in [2.45, 2.75) is 70.4 Å². The highest BCUT2D eigenvalue weighted by Gasteiger charge is 2.64. The Hall–Kier alpha value is -3.71. The molecule has 1 aliphatic carbocycles. The Bertz CT molecular complexity index is 1500. The summed E-state index contributed by atoms with van der Waals surface area (Å²) in [6.07, 6.45) is 2.71. The SMILES string of the molecule is CC(=O)Oc1cccc([C@]23CC[N@@+](C)(CC(C)C)CC2(OC(C)=O)CC[C@@H](NC(=O)c2ccc4ccccc4c2)C3)c1. The Balaban J connectivity index is 1.53. The average Bonchev–Trinajstić information content (AvgIpc) is 2.92. The van der Waals surface area contributed by atoms with E-state index in [0.29, 0.717) is 43.0 Å². The first-order chi connectivity index (χ1) is 19.9. The molecule has 1 aliphatic heterocycles. The van der Waals surface area contributed by atoms with Crippen LogP contribution < -0.4 is 10.1 Å². The van der Waals surface area contributed by atoms with Crippen molar-refractivity contribution in [3.63, 3.8) is 0 Å². The first-order valence-electron chi connectivity index (χ1n) is 15.0. The highest BCUT2D eigenvalue weighted by atomic mass is 16.6. The third-order valence-corrected chi connectivity index (χ3v) is 9.22. The summed E-state index contributed by atoms with van der Waals surface area (Å²) in [5.74, 6) is 0.169. The van der Waals surface area contributed by atoms with Gasteiger partial charge in [-0.25, -0.2) is 0 Å². The zero-order chi connectivity index (χ0) is 30.1. The van der Waals surface area contributed by atoms with Crippen LogP contribution in [0.15, 0.2) is 66.7 Å². The van der Waals surface area contributed by atoms with E-state index in [0.717, 1.165) is 40.3 Å². The number of hydrogen-bond donors (Lipinski definition) is 1. The van der Waals surface area contributed by atoms with Crippen LogP contribution in [0, 0.1) is 5.92 Å². The van der Waals surface area contributed by atoms with E-state index in [4.69, 9.17) is 9.47 Å². The van der Waals surface area contributed by atoms with Crippen LogP contribution in [-0.4, -0.2) is 60.7 Å². The van der Waals surface area contributed by atoms with Crippen LogP contribution in [0.4, 0.5) is 0 Å². The Morgan fingerprint density at radius 1 is 0.952 bits per heavy atom. The van der Waals surface area contributed by atoms with Gasteiger partial charge in [-0.05, 0) is 59.9 Å². The molecule has 1 heterocycles. The van der Waals surface area contributed by atoms with Gasteiger partial charge in [-0.1, -0.05) is 56.3 Å². The van der Waals surface area contributed by atoms with Crippen molar-refractivity contribution in [2.75, 3.05) is 26.7 Å². The number of carbonyl (C=O) groups is 3. The maximum Gasteiger partial charge on any atom is 0.308 e. The lowest BCUT2D eigenvalue weighted by atomic mass is 9.54. The number of benzene rings is 3. The van der Waals surface area contributed by atoms with Gasteiger partial charge in [0.1, 0.15) is 12.3 Å². The molecule has 2 aliphatic rings. The smallest absolute Gasteiger partial charge is 0.308 e. The number of fused-ring (bicyclic) bond motifs is 2. The molecule has 42 heavy (non-hydrogen) atoms. The fourth-order valence-corrected chi connectivity index (χ4v) is 7.84. The number of ether oxygens (including phenoxy) is 2. The highest BCUT2D eigenvalue weighted by Crippen LogP contribution is 2.55. The van der Waals surface area contributed by atoms with Crippen LogP contribution >= 0.6 is 0 Å². The van der Waals surface area contributed by atoms with Crippen molar-refractivity contribution in [3.05, 3.63) is 77.9 Å². The quantitative estimate of drug-likeness (QED) is 0.220. The van der Waals surface area contributed by atoms with Gasteiger partial charge < -0.3 is 19.3 Å². The number of piperidine rings is 1. The van der Waals surface area contributed by atoms with Gasteiger partial charge in [-0.2, -0.15) is 0 Å². The predicted octanol–water partition coefficient (Wildman–Crippen LogP) is 5.79. The summed E-state index contributed by atoms with van der Waals surface area (Å²) < 4.78 is 12.8. The molecule has 0 spiro atoms. The topological polar surface area (TPSA) is 81.7 Å². The molecule has 0 radical (unpaired) electrons. The summed E-state index contributed by atoms with van der Waals surface area (Å²) in [5, 5.41) is 5.44. The Kier molecular flexibility index (Phi) is 8.17. The lowest BCUT2D eigenvalue weighted by Gasteiger charge is -2.61. The number of likely N-dealkylation sites (N-methyl/N-ethyl adjacent to an activating group) is 1. The van der Waals surface area contributed by atoms with Gasteiger partial charge in [0.15, 0.2) is 5.60 Å². The zero-order valence-electron chi connectivity index (χ0n) is 25.4. The number of quaternary nitrogens is 1. The summed E-state index contributed by atoms with van der Waals surface area (Å²) in [6, 6.07) is 21.3. The van der Waals surface area contributed by atoms with Crippen molar-refractivity contribution in [1.29, 1.82) is 0 Å². The Morgan fingerprint density at radius 3 is 2.43 bits per heavy atom. The molecule has 7 heteroatoms. The number of amides is 1. The first-order valence-corrected chi connectivity index (χ1v) is 15.0. The van der Waals surface area contributed by atoms with E-state index in [1.54, 1.807) is 6.07 Å². The van der Waals surface area contributed by atoms with E-state index in [-0.39, 0.29) is 23.9 Å². The van der Waals surface area contributed by atoms with Gasteiger partial charge in [0, 0.05) is 43.2 Å². The van der Waals surface area contributed by atoms with Gasteiger partial charge in [0.05, 0.1) is 20.1 Å². The minimum Gasteiger partial charge on any atom is -0.452 e. The number of nitrogens with one attached hydrogen (secondary N) is 1. The minimum absolute atomic E-state index is 0.106. The number of rotatable bonds is 7. The number of esters is 2. The molecular formula is C35H43N2O5+. The maximum atomic E-state index is 13.6. The molecule has 7 nitrogen and oxygen atoms in total. The number of likely N-dealkylation sites (tertiary alicyclic amines) is 1. The van der Waals surface area contributed by atoms with E-state index in [1.165, 1.54) is 13.8 Å². The van der Waals surface area contributed by atoms with Gasteiger partial charge in [0.2, 0.25) is 0 Å². The molecule has 0 bridgehead atoms. The molecule has 5 rings (SSSR count). The van der Waals surface area contributed by atoms with Crippen LogP contribution in [0.25, 0.3) is 10.8 Å². The number of carbonyl (C=O) groups excluding carboxylic acids is 3. The molecule has 222 valence electrons.